The average molecular weight is 488 g/mol. The Bertz CT molecular complexity index is 1290. The number of hydrogen-bond acceptors (Lipinski definition) is 3. The van der Waals surface area contributed by atoms with Crippen LogP contribution in [0.5, 0.6) is 5.75 Å². The minimum atomic E-state index is -4.30. The summed E-state index contributed by atoms with van der Waals surface area (Å²) in [6, 6.07) is 2.76. The van der Waals surface area contributed by atoms with E-state index in [1.165, 1.54) is 12.3 Å². The van der Waals surface area contributed by atoms with E-state index >= 15 is 0 Å². The summed E-state index contributed by atoms with van der Waals surface area (Å²) in [5, 5.41) is 0. The molecule has 0 unspecified atom stereocenters. The van der Waals surface area contributed by atoms with Gasteiger partial charge in [-0.25, -0.2) is 8.78 Å². The summed E-state index contributed by atoms with van der Waals surface area (Å²) in [5.41, 5.74) is -1.64. The number of fused-ring (bicyclic) bond motifs is 6. The molecule has 3 heterocycles. The number of carbonyl (C=O) groups excluding carboxylic acids is 1. The fourth-order valence-electron chi connectivity index (χ4n) is 6.40. The molecule has 4 bridgehead atoms. The molecule has 4 nitrogen and oxygen atoms in total. The maximum atomic E-state index is 14.0. The Morgan fingerprint density at radius 1 is 1.09 bits per heavy atom. The predicted octanol–water partition coefficient (Wildman–Crippen LogP) is 5.31. The maximum Gasteiger partial charge on any atom is 0.394 e. The topological polar surface area (TPSA) is 42.4 Å². The molecule has 2 aliphatic heterocycles. The van der Waals surface area contributed by atoms with Gasteiger partial charge in [-0.15, -0.1) is 0 Å². The molecule has 0 radical (unpaired) electrons. The molecule has 1 saturated heterocycles. The number of aromatic nitrogens is 1. The Balaban J connectivity index is 1.30. The summed E-state index contributed by atoms with van der Waals surface area (Å²) >= 11 is 0. The highest BCUT2D eigenvalue weighted by atomic mass is 19.4. The molecule has 2 atom stereocenters. The summed E-state index contributed by atoms with van der Waals surface area (Å²) in [5.74, 6) is 4.25. The summed E-state index contributed by atoms with van der Waals surface area (Å²) in [4.78, 5) is 19.6. The fraction of sp³-hybridized carbons (Fsp3) is 0.462. The minimum absolute atomic E-state index is 0.00149. The average Bonchev–Trinajstić information content (AvgIpc) is 3.50. The molecule has 0 N–H and O–H groups in total. The highest BCUT2D eigenvalue weighted by Crippen LogP contribution is 2.68. The Labute approximate surface area is 198 Å². The van der Waals surface area contributed by atoms with Crippen LogP contribution in [0.2, 0.25) is 0 Å². The van der Waals surface area contributed by atoms with E-state index in [2.05, 4.69) is 16.8 Å². The van der Waals surface area contributed by atoms with Crippen molar-refractivity contribution in [3.05, 3.63) is 58.9 Å². The summed E-state index contributed by atoms with van der Waals surface area (Å²) in [6.07, 6.45) is -0.656. The summed E-state index contributed by atoms with van der Waals surface area (Å²) < 4.78 is 74.5. The first-order valence-electron chi connectivity index (χ1n) is 11.6. The smallest absolute Gasteiger partial charge is 0.394 e. The van der Waals surface area contributed by atoms with Crippen LogP contribution in [-0.2, 0) is 4.79 Å². The highest BCUT2D eigenvalue weighted by molar-refractivity contribution is 5.85. The van der Waals surface area contributed by atoms with Crippen LogP contribution in [0.1, 0.15) is 61.3 Å². The van der Waals surface area contributed by atoms with E-state index < -0.39 is 28.6 Å². The molecular formula is C26H21F5N2O2. The van der Waals surface area contributed by atoms with Crippen molar-refractivity contribution in [2.75, 3.05) is 6.54 Å². The van der Waals surface area contributed by atoms with Crippen molar-refractivity contribution in [2.24, 2.45) is 10.8 Å². The lowest BCUT2D eigenvalue weighted by molar-refractivity contribution is -0.220. The fourth-order valence-corrected chi connectivity index (χ4v) is 6.40. The van der Waals surface area contributed by atoms with Crippen molar-refractivity contribution in [2.45, 2.75) is 56.8 Å². The number of ether oxygens (including phenoxy) is 1. The number of rotatable bonds is 1. The SMILES string of the molecule is O=C(N1C[C@@H]2C[C@H]1c1cncc(C#Cc3ccc(F)cc3F)c1O2)C12CCC(C(F)(F)F)(CC1)C2. The van der Waals surface area contributed by atoms with E-state index in [1.54, 1.807) is 11.1 Å². The normalized spacial score (nSPS) is 30.5. The number of hydrogen-bond donors (Lipinski definition) is 0. The summed E-state index contributed by atoms with van der Waals surface area (Å²) in [6.45, 7) is 0.290. The van der Waals surface area contributed by atoms with Gasteiger partial charge in [0.2, 0.25) is 5.91 Å². The Morgan fingerprint density at radius 2 is 1.83 bits per heavy atom. The van der Waals surface area contributed by atoms with Gasteiger partial charge in [-0.2, -0.15) is 13.2 Å². The van der Waals surface area contributed by atoms with Crippen LogP contribution >= 0.6 is 0 Å². The standard InChI is InChI=1S/C26H21F5N2O2/c27-17-4-3-15(20(28)9-17)1-2-16-11-32-12-19-21-10-18(35-22(16)19)13-33(21)23(34)24-5-7-25(14-24,8-6-24)26(29,30)31/h3-4,9,11-12,18,21H,5-8,10,13-14H2/t18-,21-,24?,25?/m0/s1. The van der Waals surface area contributed by atoms with Crippen molar-refractivity contribution in [1.29, 1.82) is 0 Å². The number of nitrogens with zero attached hydrogens (tertiary/aromatic N) is 2. The van der Waals surface area contributed by atoms with Crippen molar-refractivity contribution in [1.82, 2.24) is 9.88 Å². The zero-order valence-electron chi connectivity index (χ0n) is 18.6. The molecule has 182 valence electrons. The molecule has 1 aromatic carbocycles. The van der Waals surface area contributed by atoms with Gasteiger partial charge >= 0.3 is 6.18 Å². The van der Waals surface area contributed by atoms with Crippen LogP contribution in [0.25, 0.3) is 0 Å². The largest absolute Gasteiger partial charge is 0.487 e. The van der Waals surface area contributed by atoms with Gasteiger partial charge in [0, 0.05) is 30.4 Å². The summed E-state index contributed by atoms with van der Waals surface area (Å²) in [7, 11) is 0. The van der Waals surface area contributed by atoms with Gasteiger partial charge in [0.25, 0.3) is 0 Å². The van der Waals surface area contributed by atoms with Gasteiger partial charge in [-0.1, -0.05) is 11.8 Å². The van der Waals surface area contributed by atoms with Crippen molar-refractivity contribution >= 4 is 5.91 Å². The van der Waals surface area contributed by atoms with Gasteiger partial charge in [-0.05, 0) is 44.2 Å². The molecule has 9 heteroatoms. The van der Waals surface area contributed by atoms with Gasteiger partial charge < -0.3 is 9.64 Å². The third-order valence-corrected chi connectivity index (χ3v) is 8.25. The van der Waals surface area contributed by atoms with Gasteiger partial charge in [0.1, 0.15) is 23.5 Å². The number of pyridine rings is 1. The molecular weight excluding hydrogens is 467 g/mol. The van der Waals surface area contributed by atoms with Crippen molar-refractivity contribution < 1.29 is 31.5 Å². The van der Waals surface area contributed by atoms with E-state index in [4.69, 9.17) is 4.74 Å². The first kappa shape index (κ1) is 22.3. The van der Waals surface area contributed by atoms with E-state index in [-0.39, 0.29) is 55.7 Å². The zero-order chi connectivity index (χ0) is 24.6. The zero-order valence-corrected chi connectivity index (χ0v) is 18.6. The first-order chi connectivity index (χ1) is 16.6. The molecule has 1 amide bonds. The number of halogens is 5. The quantitative estimate of drug-likeness (QED) is 0.404. The minimum Gasteiger partial charge on any atom is -0.487 e. The molecule has 4 aliphatic rings. The molecule has 2 aromatic rings. The van der Waals surface area contributed by atoms with Crippen LogP contribution in [0, 0.1) is 34.3 Å². The van der Waals surface area contributed by atoms with Gasteiger partial charge in [-0.3, -0.25) is 9.78 Å². The lowest BCUT2D eigenvalue weighted by Crippen LogP contribution is -2.41. The molecule has 3 fully saturated rings. The van der Waals surface area contributed by atoms with Crippen LogP contribution in [0.3, 0.4) is 0 Å². The molecule has 0 spiro atoms. The van der Waals surface area contributed by atoms with Gasteiger partial charge in [0.15, 0.2) is 0 Å². The van der Waals surface area contributed by atoms with E-state index in [1.807, 2.05) is 0 Å². The third kappa shape index (κ3) is 3.33. The Hall–Kier alpha value is -3.15. The van der Waals surface area contributed by atoms with Gasteiger partial charge in [0.05, 0.1) is 34.5 Å². The number of amides is 1. The van der Waals surface area contributed by atoms with E-state index in [0.717, 1.165) is 12.1 Å². The molecule has 1 aromatic heterocycles. The third-order valence-electron chi connectivity index (χ3n) is 8.25. The van der Waals surface area contributed by atoms with Crippen LogP contribution in [0.15, 0.2) is 30.6 Å². The molecule has 2 saturated carbocycles. The van der Waals surface area contributed by atoms with Crippen LogP contribution in [0.4, 0.5) is 22.0 Å². The second-order valence-electron chi connectivity index (χ2n) is 10.2. The number of carbonyl (C=O) groups is 1. The van der Waals surface area contributed by atoms with E-state index in [0.29, 0.717) is 29.8 Å². The Morgan fingerprint density at radius 3 is 2.51 bits per heavy atom. The molecule has 35 heavy (non-hydrogen) atoms. The maximum absolute atomic E-state index is 14.0. The van der Waals surface area contributed by atoms with Crippen LogP contribution in [-0.4, -0.2) is 34.6 Å². The number of alkyl halides is 3. The van der Waals surface area contributed by atoms with E-state index in [9.17, 15) is 26.7 Å². The lowest BCUT2D eigenvalue weighted by Gasteiger charge is -2.34. The van der Waals surface area contributed by atoms with Crippen molar-refractivity contribution in [3.8, 4) is 17.6 Å². The second-order valence-corrected chi connectivity index (χ2v) is 10.2. The molecule has 2 aliphatic carbocycles. The number of benzene rings is 1. The second kappa shape index (κ2) is 7.42. The first-order valence-corrected chi connectivity index (χ1v) is 11.6. The highest BCUT2D eigenvalue weighted by Gasteiger charge is 2.69. The van der Waals surface area contributed by atoms with Crippen molar-refractivity contribution in [3.63, 3.8) is 0 Å². The lowest BCUT2D eigenvalue weighted by atomic mass is 9.81. The Kier molecular flexibility index (Phi) is 4.73. The predicted molar refractivity (Wildman–Crippen MR) is 114 cm³/mol. The molecule has 6 rings (SSSR count). The number of likely N-dealkylation sites (tertiary alicyclic amines) is 1. The monoisotopic (exact) mass is 488 g/mol. The van der Waals surface area contributed by atoms with Crippen LogP contribution < -0.4 is 4.74 Å².